The van der Waals surface area contributed by atoms with E-state index in [1.807, 2.05) is 17.0 Å². The molecule has 2 fully saturated rings. The molecule has 6 nitrogen and oxygen atoms in total. The number of ether oxygens (including phenoxy) is 2. The van der Waals surface area contributed by atoms with Gasteiger partial charge in [-0.15, -0.1) is 0 Å². The van der Waals surface area contributed by atoms with Gasteiger partial charge in [-0.3, -0.25) is 4.98 Å². The smallest absolute Gasteiger partial charge is 0.319 e. The lowest BCUT2D eigenvalue weighted by Gasteiger charge is -2.40. The first-order chi connectivity index (χ1) is 10.6. The van der Waals surface area contributed by atoms with Crippen molar-refractivity contribution in [2.24, 2.45) is 0 Å². The molecule has 2 amide bonds. The second-order valence-electron chi connectivity index (χ2n) is 6.33. The molecule has 0 saturated carbocycles. The highest BCUT2D eigenvalue weighted by molar-refractivity contribution is 5.74. The van der Waals surface area contributed by atoms with Gasteiger partial charge in [0.15, 0.2) is 0 Å². The lowest BCUT2D eigenvalue weighted by atomic mass is 9.89. The summed E-state index contributed by atoms with van der Waals surface area (Å²) in [5.74, 6) is 0.769. The number of hydrogen-bond donors (Lipinski definition) is 0. The average Bonchev–Trinajstić information content (AvgIpc) is 2.89. The quantitative estimate of drug-likeness (QED) is 0.835. The largest absolute Gasteiger partial charge is 0.486 e. The molecule has 1 spiro atoms. The van der Waals surface area contributed by atoms with Crippen LogP contribution in [0.15, 0.2) is 24.5 Å². The van der Waals surface area contributed by atoms with Gasteiger partial charge in [-0.2, -0.15) is 0 Å². The topological polar surface area (TPSA) is 54.9 Å². The number of aromatic nitrogens is 1. The predicted octanol–water partition coefficient (Wildman–Crippen LogP) is 1.77. The minimum absolute atomic E-state index is 0.0265. The van der Waals surface area contributed by atoms with E-state index in [0.29, 0.717) is 13.2 Å². The number of piperidine rings is 1. The summed E-state index contributed by atoms with van der Waals surface area (Å²) in [5, 5.41) is 0. The highest BCUT2D eigenvalue weighted by Gasteiger charge is 2.45. The van der Waals surface area contributed by atoms with E-state index < -0.39 is 0 Å². The Hall–Kier alpha value is -1.82. The molecule has 2 atom stereocenters. The number of amides is 2. The highest BCUT2D eigenvalue weighted by Crippen LogP contribution is 2.36. The van der Waals surface area contributed by atoms with Gasteiger partial charge in [0.1, 0.15) is 11.9 Å². The Kier molecular flexibility index (Phi) is 4.20. The van der Waals surface area contributed by atoms with E-state index in [9.17, 15) is 4.79 Å². The van der Waals surface area contributed by atoms with Crippen LogP contribution >= 0.6 is 0 Å². The number of rotatable bonds is 2. The Balaban J connectivity index is 1.62. The molecule has 0 aromatic carbocycles. The Bertz CT molecular complexity index is 523. The van der Waals surface area contributed by atoms with Crippen molar-refractivity contribution in [1.29, 1.82) is 0 Å². The second kappa shape index (κ2) is 6.12. The Labute approximate surface area is 131 Å². The molecule has 0 bridgehead atoms. The summed E-state index contributed by atoms with van der Waals surface area (Å²) in [6.45, 7) is 2.02. The average molecular weight is 305 g/mol. The molecule has 3 heterocycles. The SMILES string of the molecule is CN(C)C(=O)N1CCCC2(CC(Oc3cccnc3)CO2)C1. The zero-order valence-corrected chi connectivity index (χ0v) is 13.2. The van der Waals surface area contributed by atoms with Crippen LogP contribution in [-0.4, -0.2) is 66.3 Å². The number of urea groups is 1. The molecule has 0 aliphatic carbocycles. The molecular formula is C16H23N3O3. The molecule has 2 saturated heterocycles. The van der Waals surface area contributed by atoms with Gasteiger partial charge in [-0.25, -0.2) is 4.79 Å². The minimum Gasteiger partial charge on any atom is -0.486 e. The molecule has 0 radical (unpaired) electrons. The van der Waals surface area contributed by atoms with E-state index in [1.54, 1.807) is 31.4 Å². The maximum absolute atomic E-state index is 12.2. The molecule has 1 aromatic rings. The summed E-state index contributed by atoms with van der Waals surface area (Å²) < 4.78 is 12.0. The first-order valence-corrected chi connectivity index (χ1v) is 7.75. The van der Waals surface area contributed by atoms with Gasteiger partial charge >= 0.3 is 6.03 Å². The Morgan fingerprint density at radius 2 is 2.41 bits per heavy atom. The van der Waals surface area contributed by atoms with E-state index in [-0.39, 0.29) is 17.7 Å². The summed E-state index contributed by atoms with van der Waals surface area (Å²) in [6, 6.07) is 3.82. The van der Waals surface area contributed by atoms with E-state index in [0.717, 1.165) is 31.6 Å². The Morgan fingerprint density at radius 1 is 1.55 bits per heavy atom. The third kappa shape index (κ3) is 3.16. The van der Waals surface area contributed by atoms with E-state index in [1.165, 1.54) is 0 Å². The van der Waals surface area contributed by atoms with Crippen molar-refractivity contribution in [2.45, 2.75) is 31.0 Å². The molecule has 22 heavy (non-hydrogen) atoms. The number of carbonyl (C=O) groups excluding carboxylic acids is 1. The summed E-state index contributed by atoms with van der Waals surface area (Å²) in [6.07, 6.45) is 6.24. The fourth-order valence-corrected chi connectivity index (χ4v) is 3.32. The van der Waals surface area contributed by atoms with Crippen LogP contribution in [-0.2, 0) is 4.74 Å². The first kappa shape index (κ1) is 15.1. The van der Waals surface area contributed by atoms with Crippen molar-refractivity contribution in [2.75, 3.05) is 33.8 Å². The normalized spacial score (nSPS) is 27.9. The van der Waals surface area contributed by atoms with Gasteiger partial charge in [0.25, 0.3) is 0 Å². The van der Waals surface area contributed by atoms with Gasteiger partial charge in [0.2, 0.25) is 0 Å². The molecule has 2 aliphatic heterocycles. The molecular weight excluding hydrogens is 282 g/mol. The third-order valence-corrected chi connectivity index (χ3v) is 4.30. The van der Waals surface area contributed by atoms with Crippen molar-refractivity contribution in [3.05, 3.63) is 24.5 Å². The molecule has 120 valence electrons. The van der Waals surface area contributed by atoms with E-state index >= 15 is 0 Å². The van der Waals surface area contributed by atoms with Crippen LogP contribution in [0.3, 0.4) is 0 Å². The summed E-state index contributed by atoms with van der Waals surface area (Å²) >= 11 is 0. The summed E-state index contributed by atoms with van der Waals surface area (Å²) in [7, 11) is 3.57. The predicted molar refractivity (Wildman–Crippen MR) is 81.8 cm³/mol. The monoisotopic (exact) mass is 305 g/mol. The zero-order valence-electron chi connectivity index (χ0n) is 13.2. The zero-order chi connectivity index (χ0) is 15.6. The van der Waals surface area contributed by atoms with Crippen LogP contribution in [0.4, 0.5) is 4.79 Å². The van der Waals surface area contributed by atoms with Crippen LogP contribution in [0.1, 0.15) is 19.3 Å². The second-order valence-corrected chi connectivity index (χ2v) is 6.33. The van der Waals surface area contributed by atoms with Crippen molar-refractivity contribution in [3.8, 4) is 5.75 Å². The maximum atomic E-state index is 12.2. The minimum atomic E-state index is -0.253. The van der Waals surface area contributed by atoms with E-state index in [2.05, 4.69) is 4.98 Å². The fraction of sp³-hybridized carbons (Fsp3) is 0.625. The van der Waals surface area contributed by atoms with E-state index in [4.69, 9.17) is 9.47 Å². The summed E-state index contributed by atoms with van der Waals surface area (Å²) in [5.41, 5.74) is -0.253. The van der Waals surface area contributed by atoms with Crippen LogP contribution in [0.25, 0.3) is 0 Å². The molecule has 2 aliphatic rings. The van der Waals surface area contributed by atoms with Crippen LogP contribution < -0.4 is 4.74 Å². The van der Waals surface area contributed by atoms with Crippen molar-refractivity contribution >= 4 is 6.03 Å². The van der Waals surface area contributed by atoms with Gasteiger partial charge < -0.3 is 19.3 Å². The number of nitrogens with zero attached hydrogens (tertiary/aromatic N) is 3. The fourth-order valence-electron chi connectivity index (χ4n) is 3.32. The number of carbonyl (C=O) groups is 1. The first-order valence-electron chi connectivity index (χ1n) is 7.75. The lowest BCUT2D eigenvalue weighted by molar-refractivity contribution is -0.0437. The molecule has 6 heteroatoms. The molecule has 0 N–H and O–H groups in total. The molecule has 3 rings (SSSR count). The van der Waals surface area contributed by atoms with Gasteiger partial charge in [0.05, 0.1) is 24.9 Å². The maximum Gasteiger partial charge on any atom is 0.319 e. The van der Waals surface area contributed by atoms with Crippen LogP contribution in [0.5, 0.6) is 5.75 Å². The van der Waals surface area contributed by atoms with Gasteiger partial charge in [-0.05, 0) is 25.0 Å². The lowest BCUT2D eigenvalue weighted by Crippen LogP contribution is -2.52. The van der Waals surface area contributed by atoms with Gasteiger partial charge in [-0.1, -0.05) is 0 Å². The van der Waals surface area contributed by atoms with Crippen LogP contribution in [0.2, 0.25) is 0 Å². The number of hydrogen-bond acceptors (Lipinski definition) is 4. The number of pyridine rings is 1. The molecule has 1 aromatic heterocycles. The molecule has 2 unspecified atom stereocenters. The van der Waals surface area contributed by atoms with Crippen LogP contribution in [0, 0.1) is 0 Å². The third-order valence-electron chi connectivity index (χ3n) is 4.30. The van der Waals surface area contributed by atoms with Crippen molar-refractivity contribution in [3.63, 3.8) is 0 Å². The highest BCUT2D eigenvalue weighted by atomic mass is 16.6. The van der Waals surface area contributed by atoms with Gasteiger partial charge in [0, 0.05) is 33.3 Å². The standard InChI is InChI=1S/C16H23N3O3/c1-18(2)15(20)19-8-4-6-16(12-19)9-14(11-21-16)22-13-5-3-7-17-10-13/h3,5,7,10,14H,4,6,8-9,11-12H2,1-2H3. The van der Waals surface area contributed by atoms with Crippen molar-refractivity contribution in [1.82, 2.24) is 14.8 Å². The summed E-state index contributed by atoms with van der Waals surface area (Å²) in [4.78, 5) is 19.7. The number of likely N-dealkylation sites (tertiary alicyclic amines) is 1. The Morgan fingerprint density at radius 3 is 3.14 bits per heavy atom. The van der Waals surface area contributed by atoms with Crippen molar-refractivity contribution < 1.29 is 14.3 Å².